The van der Waals surface area contributed by atoms with Crippen LogP contribution in [0.3, 0.4) is 0 Å². The van der Waals surface area contributed by atoms with Gasteiger partial charge in [0.2, 0.25) is 5.91 Å². The van der Waals surface area contributed by atoms with Gasteiger partial charge in [-0.15, -0.1) is 11.8 Å². The van der Waals surface area contributed by atoms with E-state index in [9.17, 15) is 4.79 Å². The van der Waals surface area contributed by atoms with Crippen LogP contribution in [0.4, 0.5) is 0 Å². The predicted octanol–water partition coefficient (Wildman–Crippen LogP) is 2.55. The lowest BCUT2D eigenvalue weighted by Crippen LogP contribution is -2.45. The molecule has 0 aliphatic carbocycles. The number of amides is 1. The second-order valence-corrected chi connectivity index (χ2v) is 7.81. The summed E-state index contributed by atoms with van der Waals surface area (Å²) < 4.78 is 0. The van der Waals surface area contributed by atoms with Crippen molar-refractivity contribution in [1.82, 2.24) is 14.7 Å². The molecule has 2 fully saturated rings. The maximum Gasteiger partial charge on any atom is 0.233 e. The van der Waals surface area contributed by atoms with E-state index in [1.165, 1.54) is 5.56 Å². The number of halogens is 1. The first-order valence-corrected chi connectivity index (χ1v) is 9.63. The molecule has 1 aromatic rings. The highest BCUT2D eigenvalue weighted by Crippen LogP contribution is 2.38. The third-order valence-electron chi connectivity index (χ3n) is 4.59. The van der Waals surface area contributed by atoms with E-state index in [4.69, 9.17) is 11.6 Å². The lowest BCUT2D eigenvalue weighted by atomic mass is 10.2. The average molecular weight is 354 g/mol. The van der Waals surface area contributed by atoms with Crippen LogP contribution in [0, 0.1) is 0 Å². The van der Waals surface area contributed by atoms with Crippen LogP contribution in [0.2, 0.25) is 5.02 Å². The molecular formula is C17H24ClN3OS. The van der Waals surface area contributed by atoms with Crippen LogP contribution in [-0.4, -0.2) is 72.7 Å². The summed E-state index contributed by atoms with van der Waals surface area (Å²) in [5.74, 6) is 0.843. The lowest BCUT2D eigenvalue weighted by Gasteiger charge is -2.33. The summed E-state index contributed by atoms with van der Waals surface area (Å²) >= 11 is 7.68. The summed E-state index contributed by atoms with van der Waals surface area (Å²) in [7, 11) is 2.17. The van der Waals surface area contributed by atoms with Crippen LogP contribution < -0.4 is 0 Å². The molecule has 1 atom stereocenters. The van der Waals surface area contributed by atoms with E-state index in [1.807, 2.05) is 29.2 Å². The molecule has 4 nitrogen and oxygen atoms in total. The Bertz CT molecular complexity index is 531. The molecule has 0 radical (unpaired) electrons. The molecule has 126 valence electrons. The van der Waals surface area contributed by atoms with Crippen LogP contribution in [-0.2, 0) is 4.79 Å². The zero-order valence-electron chi connectivity index (χ0n) is 13.6. The predicted molar refractivity (Wildman–Crippen MR) is 96.9 cm³/mol. The van der Waals surface area contributed by atoms with Crippen molar-refractivity contribution in [3.63, 3.8) is 0 Å². The Kier molecular flexibility index (Phi) is 5.85. The number of benzene rings is 1. The highest BCUT2D eigenvalue weighted by atomic mass is 35.5. The number of thioether (sulfide) groups is 1. The Hall–Kier alpha value is -0.750. The lowest BCUT2D eigenvalue weighted by molar-refractivity contribution is -0.128. The molecule has 0 bridgehead atoms. The van der Waals surface area contributed by atoms with E-state index in [0.29, 0.717) is 5.75 Å². The van der Waals surface area contributed by atoms with Gasteiger partial charge in [-0.1, -0.05) is 23.7 Å². The van der Waals surface area contributed by atoms with Crippen molar-refractivity contribution in [2.75, 3.05) is 52.1 Å². The van der Waals surface area contributed by atoms with Crippen molar-refractivity contribution in [1.29, 1.82) is 0 Å². The molecule has 2 aliphatic heterocycles. The minimum absolute atomic E-state index is 0.146. The maximum atomic E-state index is 12.2. The number of hydrogen-bond acceptors (Lipinski definition) is 4. The third-order valence-corrected chi connectivity index (χ3v) is 6.10. The van der Waals surface area contributed by atoms with Crippen molar-refractivity contribution < 1.29 is 4.79 Å². The summed E-state index contributed by atoms with van der Waals surface area (Å²) in [5, 5.41) is 0.886. The van der Waals surface area contributed by atoms with E-state index >= 15 is 0 Å². The smallest absolute Gasteiger partial charge is 0.233 e. The molecule has 0 saturated carbocycles. The van der Waals surface area contributed by atoms with Gasteiger partial charge in [-0.2, -0.15) is 0 Å². The van der Waals surface area contributed by atoms with E-state index in [0.717, 1.165) is 50.7 Å². The van der Waals surface area contributed by atoms with Gasteiger partial charge in [0, 0.05) is 37.7 Å². The van der Waals surface area contributed by atoms with Gasteiger partial charge in [-0.25, -0.2) is 0 Å². The van der Waals surface area contributed by atoms with Crippen LogP contribution >= 0.6 is 23.4 Å². The summed E-state index contributed by atoms with van der Waals surface area (Å²) in [6.07, 6.45) is 1.04. The molecule has 2 aliphatic rings. The normalized spacial score (nSPS) is 23.7. The highest BCUT2D eigenvalue weighted by molar-refractivity contribution is 8.00. The Morgan fingerprint density at radius 2 is 1.83 bits per heavy atom. The van der Waals surface area contributed by atoms with Gasteiger partial charge in [-0.05, 0) is 37.7 Å². The quantitative estimate of drug-likeness (QED) is 0.812. The number of carbonyl (C=O) groups excluding carboxylic acids is 1. The number of carbonyl (C=O) groups is 1. The molecule has 3 rings (SSSR count). The molecule has 1 amide bonds. The van der Waals surface area contributed by atoms with Crippen LogP contribution in [0.25, 0.3) is 0 Å². The van der Waals surface area contributed by atoms with Gasteiger partial charge in [0.25, 0.3) is 0 Å². The second kappa shape index (κ2) is 7.88. The van der Waals surface area contributed by atoms with Gasteiger partial charge in [-0.3, -0.25) is 4.79 Å². The first-order chi connectivity index (χ1) is 11.1. The van der Waals surface area contributed by atoms with E-state index in [2.05, 4.69) is 16.8 Å². The molecule has 0 spiro atoms. The molecule has 2 heterocycles. The third kappa shape index (κ3) is 4.41. The maximum absolute atomic E-state index is 12.2. The van der Waals surface area contributed by atoms with Gasteiger partial charge in [0.05, 0.1) is 5.75 Å². The summed E-state index contributed by atoms with van der Waals surface area (Å²) in [6, 6.07) is 7.88. The Morgan fingerprint density at radius 3 is 2.52 bits per heavy atom. The fourth-order valence-corrected chi connectivity index (χ4v) is 4.48. The fraction of sp³-hybridized carbons (Fsp3) is 0.588. The summed E-state index contributed by atoms with van der Waals surface area (Å²) in [4.78, 5) is 19.1. The van der Waals surface area contributed by atoms with Gasteiger partial charge in [0.1, 0.15) is 5.37 Å². The van der Waals surface area contributed by atoms with Crippen molar-refractivity contribution in [2.24, 2.45) is 0 Å². The standard InChI is InChI=1S/C17H24ClN3OS/c1-19-9-11-20(12-10-19)7-2-8-21-16(22)13-23-17(21)14-3-5-15(18)6-4-14/h3-6,17H,2,7-13H2,1H3/t17-/m0/s1. The number of rotatable bonds is 5. The molecule has 6 heteroatoms. The van der Waals surface area contributed by atoms with Crippen LogP contribution in [0.5, 0.6) is 0 Å². The van der Waals surface area contributed by atoms with Crippen molar-refractivity contribution in [3.8, 4) is 0 Å². The largest absolute Gasteiger partial charge is 0.326 e. The van der Waals surface area contributed by atoms with Crippen molar-refractivity contribution in [2.45, 2.75) is 11.8 Å². The van der Waals surface area contributed by atoms with E-state index in [-0.39, 0.29) is 11.3 Å². The van der Waals surface area contributed by atoms with Crippen LogP contribution in [0.15, 0.2) is 24.3 Å². The van der Waals surface area contributed by atoms with Crippen molar-refractivity contribution >= 4 is 29.3 Å². The molecule has 1 aromatic carbocycles. The number of likely N-dealkylation sites (N-methyl/N-ethyl adjacent to an activating group) is 1. The van der Waals surface area contributed by atoms with Crippen LogP contribution in [0.1, 0.15) is 17.4 Å². The topological polar surface area (TPSA) is 26.8 Å². The Balaban J connectivity index is 1.52. The number of nitrogens with zero attached hydrogens (tertiary/aromatic N) is 3. The Morgan fingerprint density at radius 1 is 1.13 bits per heavy atom. The van der Waals surface area contributed by atoms with Crippen molar-refractivity contribution in [3.05, 3.63) is 34.9 Å². The minimum atomic E-state index is 0.146. The summed E-state index contributed by atoms with van der Waals surface area (Å²) in [6.45, 7) is 6.48. The minimum Gasteiger partial charge on any atom is -0.326 e. The molecule has 0 unspecified atom stereocenters. The van der Waals surface area contributed by atoms with E-state index < -0.39 is 0 Å². The van der Waals surface area contributed by atoms with Gasteiger partial charge in [0.15, 0.2) is 0 Å². The van der Waals surface area contributed by atoms with E-state index in [1.54, 1.807) is 11.8 Å². The highest BCUT2D eigenvalue weighted by Gasteiger charge is 2.32. The SMILES string of the molecule is CN1CCN(CCCN2C(=O)CS[C@H]2c2ccc(Cl)cc2)CC1. The first kappa shape index (κ1) is 17.1. The summed E-state index contributed by atoms with van der Waals surface area (Å²) in [5.41, 5.74) is 1.17. The molecular weight excluding hydrogens is 330 g/mol. The molecule has 0 N–H and O–H groups in total. The zero-order chi connectivity index (χ0) is 16.2. The Labute approximate surface area is 147 Å². The average Bonchev–Trinajstić information content (AvgIpc) is 2.91. The number of hydrogen-bond donors (Lipinski definition) is 0. The second-order valence-electron chi connectivity index (χ2n) is 6.30. The fourth-order valence-electron chi connectivity index (χ4n) is 3.14. The monoisotopic (exact) mass is 353 g/mol. The molecule has 2 saturated heterocycles. The zero-order valence-corrected chi connectivity index (χ0v) is 15.2. The first-order valence-electron chi connectivity index (χ1n) is 8.21. The molecule has 23 heavy (non-hydrogen) atoms. The molecule has 0 aromatic heterocycles. The number of piperazine rings is 1. The van der Waals surface area contributed by atoms with Gasteiger partial charge >= 0.3 is 0 Å². The van der Waals surface area contributed by atoms with Gasteiger partial charge < -0.3 is 14.7 Å².